The lowest BCUT2D eigenvalue weighted by atomic mass is 10.0. The molecule has 0 aromatic heterocycles. The SMILES string of the molecule is Cc1ccccc1C(C#N)NS(C)(=O)=O. The normalized spacial score (nSPS) is 13.1. The molecule has 5 heteroatoms. The van der Waals surface area contributed by atoms with Gasteiger partial charge in [0.2, 0.25) is 10.0 Å². The van der Waals surface area contributed by atoms with E-state index in [1.165, 1.54) is 0 Å². The van der Waals surface area contributed by atoms with Crippen LogP contribution in [0.3, 0.4) is 0 Å². The highest BCUT2D eigenvalue weighted by Crippen LogP contribution is 2.16. The first-order chi connectivity index (χ1) is 6.94. The molecule has 0 saturated carbocycles. The van der Waals surface area contributed by atoms with Crippen molar-refractivity contribution >= 4 is 10.0 Å². The smallest absolute Gasteiger partial charge is 0.210 e. The molecule has 1 aromatic carbocycles. The highest BCUT2D eigenvalue weighted by Gasteiger charge is 2.16. The van der Waals surface area contributed by atoms with Crippen LogP contribution in [0.15, 0.2) is 24.3 Å². The van der Waals surface area contributed by atoms with Gasteiger partial charge in [0.1, 0.15) is 6.04 Å². The summed E-state index contributed by atoms with van der Waals surface area (Å²) >= 11 is 0. The Hall–Kier alpha value is -1.38. The van der Waals surface area contributed by atoms with E-state index in [-0.39, 0.29) is 0 Å². The highest BCUT2D eigenvalue weighted by atomic mass is 32.2. The minimum Gasteiger partial charge on any atom is -0.213 e. The van der Waals surface area contributed by atoms with Crippen LogP contribution in [0.2, 0.25) is 0 Å². The van der Waals surface area contributed by atoms with Gasteiger partial charge in [0, 0.05) is 0 Å². The van der Waals surface area contributed by atoms with E-state index in [4.69, 9.17) is 5.26 Å². The van der Waals surface area contributed by atoms with Crippen molar-refractivity contribution in [3.8, 4) is 6.07 Å². The molecule has 0 saturated heterocycles. The summed E-state index contributed by atoms with van der Waals surface area (Å²) in [5, 5.41) is 8.89. The predicted molar refractivity (Wildman–Crippen MR) is 57.5 cm³/mol. The van der Waals surface area contributed by atoms with Gasteiger partial charge in [0.05, 0.1) is 12.3 Å². The van der Waals surface area contributed by atoms with Crippen molar-refractivity contribution in [1.29, 1.82) is 5.26 Å². The molecule has 0 aliphatic carbocycles. The first-order valence-electron chi connectivity index (χ1n) is 4.36. The summed E-state index contributed by atoms with van der Waals surface area (Å²) in [6, 6.07) is 8.30. The Balaban J connectivity index is 3.05. The van der Waals surface area contributed by atoms with Gasteiger partial charge in [-0.1, -0.05) is 24.3 Å². The summed E-state index contributed by atoms with van der Waals surface area (Å²) in [6.07, 6.45) is 1.04. The largest absolute Gasteiger partial charge is 0.213 e. The number of aryl methyl sites for hydroxylation is 1. The molecule has 0 fully saturated rings. The van der Waals surface area contributed by atoms with E-state index in [9.17, 15) is 8.42 Å². The average molecular weight is 224 g/mol. The Kier molecular flexibility index (Phi) is 3.45. The number of nitriles is 1. The zero-order valence-electron chi connectivity index (χ0n) is 8.56. The second kappa shape index (κ2) is 4.43. The zero-order chi connectivity index (χ0) is 11.5. The van der Waals surface area contributed by atoms with Gasteiger partial charge in [-0.05, 0) is 18.1 Å². The minimum absolute atomic E-state index is 0.686. The summed E-state index contributed by atoms with van der Waals surface area (Å²) < 4.78 is 24.3. The number of nitrogens with one attached hydrogen (secondary N) is 1. The summed E-state index contributed by atoms with van der Waals surface area (Å²) in [5.41, 5.74) is 1.57. The van der Waals surface area contributed by atoms with E-state index in [2.05, 4.69) is 4.72 Å². The lowest BCUT2D eigenvalue weighted by Gasteiger charge is -2.12. The standard InChI is InChI=1S/C10H12N2O2S/c1-8-5-3-4-6-9(8)10(7-11)12-15(2,13)14/h3-6,10,12H,1-2H3. The van der Waals surface area contributed by atoms with Gasteiger partial charge in [0.25, 0.3) is 0 Å². The number of benzene rings is 1. The quantitative estimate of drug-likeness (QED) is 0.836. The van der Waals surface area contributed by atoms with Crippen LogP contribution in [0.25, 0.3) is 0 Å². The Morgan fingerprint density at radius 1 is 1.40 bits per heavy atom. The number of hydrogen-bond donors (Lipinski definition) is 1. The molecule has 0 heterocycles. The fourth-order valence-corrected chi connectivity index (χ4v) is 1.89. The first kappa shape index (κ1) is 11.7. The average Bonchev–Trinajstić information content (AvgIpc) is 2.14. The molecule has 4 nitrogen and oxygen atoms in total. The molecular formula is C10H12N2O2S. The van der Waals surface area contributed by atoms with E-state index >= 15 is 0 Å². The molecule has 0 bridgehead atoms. The molecule has 1 N–H and O–H groups in total. The Morgan fingerprint density at radius 3 is 2.47 bits per heavy atom. The van der Waals surface area contributed by atoms with Crippen molar-refractivity contribution < 1.29 is 8.42 Å². The van der Waals surface area contributed by atoms with Crippen LogP contribution in [0, 0.1) is 18.3 Å². The highest BCUT2D eigenvalue weighted by molar-refractivity contribution is 7.88. The predicted octanol–water partition coefficient (Wildman–Crippen LogP) is 1.11. The lowest BCUT2D eigenvalue weighted by Crippen LogP contribution is -2.26. The van der Waals surface area contributed by atoms with Crippen LogP contribution >= 0.6 is 0 Å². The maximum Gasteiger partial charge on any atom is 0.210 e. The zero-order valence-corrected chi connectivity index (χ0v) is 9.38. The molecule has 0 amide bonds. The van der Waals surface area contributed by atoms with Gasteiger partial charge >= 0.3 is 0 Å². The Morgan fingerprint density at radius 2 is 2.00 bits per heavy atom. The lowest BCUT2D eigenvalue weighted by molar-refractivity contribution is 0.581. The molecule has 1 atom stereocenters. The van der Waals surface area contributed by atoms with Crippen LogP contribution in [0.4, 0.5) is 0 Å². The first-order valence-corrected chi connectivity index (χ1v) is 6.25. The summed E-state index contributed by atoms with van der Waals surface area (Å²) in [6.45, 7) is 1.84. The van der Waals surface area contributed by atoms with Crippen molar-refractivity contribution in [2.75, 3.05) is 6.26 Å². The van der Waals surface area contributed by atoms with E-state index in [1.807, 2.05) is 25.1 Å². The molecule has 0 aliphatic rings. The van der Waals surface area contributed by atoms with E-state index < -0.39 is 16.1 Å². The third kappa shape index (κ3) is 3.35. The molecule has 80 valence electrons. The maximum absolute atomic E-state index is 11.0. The van der Waals surface area contributed by atoms with E-state index in [0.29, 0.717) is 5.56 Å². The second-order valence-corrected chi connectivity index (χ2v) is 5.09. The van der Waals surface area contributed by atoms with Crippen LogP contribution in [-0.4, -0.2) is 14.7 Å². The van der Waals surface area contributed by atoms with Crippen molar-refractivity contribution in [2.45, 2.75) is 13.0 Å². The number of nitrogens with zero attached hydrogens (tertiary/aromatic N) is 1. The van der Waals surface area contributed by atoms with Gasteiger partial charge in [-0.25, -0.2) is 8.42 Å². The fraction of sp³-hybridized carbons (Fsp3) is 0.300. The van der Waals surface area contributed by atoms with Crippen LogP contribution in [-0.2, 0) is 10.0 Å². The second-order valence-electron chi connectivity index (χ2n) is 3.31. The van der Waals surface area contributed by atoms with Gasteiger partial charge in [-0.15, -0.1) is 0 Å². The van der Waals surface area contributed by atoms with E-state index in [0.717, 1.165) is 11.8 Å². The molecule has 1 rings (SSSR count). The Bertz CT molecular complexity index is 488. The molecule has 15 heavy (non-hydrogen) atoms. The summed E-state index contributed by atoms with van der Waals surface area (Å²) in [4.78, 5) is 0. The third-order valence-corrected chi connectivity index (χ3v) is 2.62. The molecule has 1 aromatic rings. The van der Waals surface area contributed by atoms with Crippen molar-refractivity contribution in [3.63, 3.8) is 0 Å². The topological polar surface area (TPSA) is 70.0 Å². The Labute approximate surface area is 89.6 Å². The fourth-order valence-electron chi connectivity index (χ4n) is 1.28. The van der Waals surface area contributed by atoms with Crippen molar-refractivity contribution in [3.05, 3.63) is 35.4 Å². The van der Waals surface area contributed by atoms with Crippen LogP contribution < -0.4 is 4.72 Å². The molecule has 1 unspecified atom stereocenters. The van der Waals surface area contributed by atoms with Crippen LogP contribution in [0.5, 0.6) is 0 Å². The number of hydrogen-bond acceptors (Lipinski definition) is 3. The molecule has 0 radical (unpaired) electrons. The number of sulfonamides is 1. The molecular weight excluding hydrogens is 212 g/mol. The van der Waals surface area contributed by atoms with Gasteiger partial charge in [0.15, 0.2) is 0 Å². The van der Waals surface area contributed by atoms with Gasteiger partial charge in [-0.2, -0.15) is 9.98 Å². The van der Waals surface area contributed by atoms with Gasteiger partial charge in [-0.3, -0.25) is 0 Å². The molecule has 0 spiro atoms. The summed E-state index contributed by atoms with van der Waals surface area (Å²) in [5.74, 6) is 0. The van der Waals surface area contributed by atoms with Crippen molar-refractivity contribution in [1.82, 2.24) is 4.72 Å². The van der Waals surface area contributed by atoms with E-state index in [1.54, 1.807) is 12.1 Å². The van der Waals surface area contributed by atoms with Crippen LogP contribution in [0.1, 0.15) is 17.2 Å². The minimum atomic E-state index is -3.37. The monoisotopic (exact) mass is 224 g/mol. The summed E-state index contributed by atoms with van der Waals surface area (Å²) in [7, 11) is -3.37. The third-order valence-electron chi connectivity index (χ3n) is 1.96. The maximum atomic E-state index is 11.0. The van der Waals surface area contributed by atoms with Crippen molar-refractivity contribution in [2.24, 2.45) is 0 Å². The van der Waals surface area contributed by atoms with Gasteiger partial charge < -0.3 is 0 Å². The number of rotatable bonds is 3. The molecule has 0 aliphatic heterocycles.